The van der Waals surface area contributed by atoms with Crippen LogP contribution in [0.3, 0.4) is 0 Å². The van der Waals surface area contributed by atoms with Crippen LogP contribution in [-0.2, 0) is 9.53 Å². The normalized spacial score (nSPS) is 13.1. The number of amides is 2. The molecule has 1 aromatic heterocycles. The SMILES string of the molecule is CCOC(=O)NC(=O)/C(C#N)=N/Nc1cc(Cl)c(Oc2cc(C3CC3)c(=O)[nH]n2)c(Cl)c1. The summed E-state index contributed by atoms with van der Waals surface area (Å²) in [6, 6.07) is 5.87. The fourth-order valence-corrected chi connectivity index (χ4v) is 3.11. The Morgan fingerprint density at radius 3 is 2.59 bits per heavy atom. The van der Waals surface area contributed by atoms with Crippen molar-refractivity contribution in [1.82, 2.24) is 15.5 Å². The number of imide groups is 1. The van der Waals surface area contributed by atoms with E-state index in [4.69, 9.17) is 33.2 Å². The number of alkyl carbamates (subject to hydrolysis) is 1. The summed E-state index contributed by atoms with van der Waals surface area (Å²) in [6.07, 6.45) is 0.850. The number of aromatic amines is 1. The molecular weight excluding hydrogens is 463 g/mol. The number of benzene rings is 1. The van der Waals surface area contributed by atoms with Gasteiger partial charge in [0, 0.05) is 11.6 Å². The summed E-state index contributed by atoms with van der Waals surface area (Å²) in [5, 5.41) is 21.0. The van der Waals surface area contributed by atoms with Crippen LogP contribution >= 0.6 is 23.2 Å². The lowest BCUT2D eigenvalue weighted by molar-refractivity contribution is -0.114. The standard InChI is InChI=1S/C19H16Cl2N6O5/c1-2-31-19(30)23-18(29)14(8-22)25-24-10-5-12(20)16(13(21)6-10)32-15-7-11(9-3-4-9)17(28)27-26-15/h5-7,9,24H,2-4H2,1H3,(H,27,28)(H,23,29,30)/b25-14+. The lowest BCUT2D eigenvalue weighted by Crippen LogP contribution is -2.36. The molecule has 0 unspecified atom stereocenters. The number of hydrogen-bond acceptors (Lipinski definition) is 9. The smallest absolute Gasteiger partial charge is 0.414 e. The van der Waals surface area contributed by atoms with Crippen LogP contribution < -0.4 is 21.0 Å². The maximum atomic E-state index is 11.9. The molecule has 1 heterocycles. The molecule has 1 aromatic carbocycles. The highest BCUT2D eigenvalue weighted by atomic mass is 35.5. The first-order chi connectivity index (χ1) is 15.3. The third-order valence-corrected chi connectivity index (χ3v) is 4.70. The lowest BCUT2D eigenvalue weighted by atomic mass is 10.2. The second-order valence-electron chi connectivity index (χ2n) is 6.49. The third kappa shape index (κ3) is 5.75. The van der Waals surface area contributed by atoms with E-state index in [1.165, 1.54) is 12.1 Å². The van der Waals surface area contributed by atoms with E-state index < -0.39 is 17.7 Å². The molecule has 0 atom stereocenters. The van der Waals surface area contributed by atoms with E-state index >= 15 is 0 Å². The zero-order valence-electron chi connectivity index (χ0n) is 16.6. The van der Waals surface area contributed by atoms with Crippen LogP contribution in [0.15, 0.2) is 28.1 Å². The number of nitrogens with one attached hydrogen (secondary N) is 3. The number of ether oxygens (including phenoxy) is 2. The lowest BCUT2D eigenvalue weighted by Gasteiger charge is -2.11. The van der Waals surface area contributed by atoms with Gasteiger partial charge < -0.3 is 9.47 Å². The molecular formula is C19H16Cl2N6O5. The van der Waals surface area contributed by atoms with Gasteiger partial charge in [-0.2, -0.15) is 10.4 Å². The van der Waals surface area contributed by atoms with Crippen LogP contribution in [0.1, 0.15) is 31.2 Å². The van der Waals surface area contributed by atoms with Gasteiger partial charge in [0.25, 0.3) is 11.5 Å². The zero-order chi connectivity index (χ0) is 23.3. The number of carbonyl (C=O) groups excluding carboxylic acids is 2. The number of hydrazone groups is 1. The number of anilines is 1. The number of nitrogens with zero attached hydrogens (tertiary/aromatic N) is 3. The average Bonchev–Trinajstić information content (AvgIpc) is 3.57. The topological polar surface area (TPSA) is 159 Å². The Labute approximate surface area is 191 Å². The van der Waals surface area contributed by atoms with Gasteiger partial charge in [-0.25, -0.2) is 9.89 Å². The van der Waals surface area contributed by atoms with E-state index in [1.54, 1.807) is 19.1 Å². The van der Waals surface area contributed by atoms with E-state index in [2.05, 4.69) is 25.5 Å². The first kappa shape index (κ1) is 23.1. The van der Waals surface area contributed by atoms with Crippen molar-refractivity contribution < 1.29 is 19.1 Å². The molecule has 3 rings (SSSR count). The van der Waals surface area contributed by atoms with Crippen LogP contribution in [0.5, 0.6) is 11.6 Å². The molecule has 0 aliphatic heterocycles. The van der Waals surface area contributed by atoms with Gasteiger partial charge in [-0.1, -0.05) is 23.2 Å². The highest BCUT2D eigenvalue weighted by molar-refractivity contribution is 6.47. The molecule has 2 aromatic rings. The van der Waals surface area contributed by atoms with Gasteiger partial charge in [0.15, 0.2) is 5.75 Å². The molecule has 1 aliphatic carbocycles. The summed E-state index contributed by atoms with van der Waals surface area (Å²) in [7, 11) is 0. The highest BCUT2D eigenvalue weighted by Crippen LogP contribution is 2.41. The Morgan fingerprint density at radius 2 is 2.00 bits per heavy atom. The van der Waals surface area contributed by atoms with Crippen LogP contribution in [0, 0.1) is 11.3 Å². The van der Waals surface area contributed by atoms with Crippen LogP contribution in [0.25, 0.3) is 0 Å². The monoisotopic (exact) mass is 478 g/mol. The van der Waals surface area contributed by atoms with Gasteiger partial charge in [-0.05, 0) is 37.8 Å². The third-order valence-electron chi connectivity index (χ3n) is 4.14. The minimum absolute atomic E-state index is 0.0539. The van der Waals surface area contributed by atoms with Crippen molar-refractivity contribution in [2.24, 2.45) is 5.10 Å². The fourth-order valence-electron chi connectivity index (χ4n) is 2.54. The van der Waals surface area contributed by atoms with Crippen molar-refractivity contribution in [3.05, 3.63) is 44.2 Å². The van der Waals surface area contributed by atoms with E-state index in [0.29, 0.717) is 5.56 Å². The predicted molar refractivity (Wildman–Crippen MR) is 115 cm³/mol. The van der Waals surface area contributed by atoms with E-state index in [9.17, 15) is 14.4 Å². The maximum Gasteiger partial charge on any atom is 0.414 e. The van der Waals surface area contributed by atoms with Crippen molar-refractivity contribution in [1.29, 1.82) is 5.26 Å². The fraction of sp³-hybridized carbons (Fsp3) is 0.263. The summed E-state index contributed by atoms with van der Waals surface area (Å²) < 4.78 is 10.2. The zero-order valence-corrected chi connectivity index (χ0v) is 18.1. The maximum absolute atomic E-state index is 11.9. The Kier molecular flexibility index (Phi) is 7.29. The first-order valence-electron chi connectivity index (χ1n) is 9.30. The molecule has 0 saturated heterocycles. The molecule has 166 valence electrons. The van der Waals surface area contributed by atoms with Crippen molar-refractivity contribution in [2.45, 2.75) is 25.7 Å². The Hall–Kier alpha value is -3.62. The van der Waals surface area contributed by atoms with Gasteiger partial charge in [0.2, 0.25) is 11.6 Å². The van der Waals surface area contributed by atoms with Gasteiger partial charge in [-0.3, -0.25) is 20.3 Å². The molecule has 1 saturated carbocycles. The average molecular weight is 479 g/mol. The summed E-state index contributed by atoms with van der Waals surface area (Å²) in [5.41, 5.74) is 2.38. The van der Waals surface area contributed by atoms with Crippen LogP contribution in [0.2, 0.25) is 10.0 Å². The molecule has 3 N–H and O–H groups in total. The van der Waals surface area contributed by atoms with Crippen LogP contribution in [0.4, 0.5) is 10.5 Å². The van der Waals surface area contributed by atoms with Crippen LogP contribution in [-0.4, -0.2) is 34.5 Å². The molecule has 13 heteroatoms. The summed E-state index contributed by atoms with van der Waals surface area (Å²) in [4.78, 5) is 35.0. The Bertz CT molecular complexity index is 1160. The minimum Gasteiger partial charge on any atom is -0.450 e. The van der Waals surface area contributed by atoms with Gasteiger partial charge in [0.1, 0.15) is 6.07 Å². The molecule has 1 aliphatic rings. The molecule has 1 fully saturated rings. The quantitative estimate of drug-likeness (QED) is 0.403. The summed E-state index contributed by atoms with van der Waals surface area (Å²) in [5.74, 6) is -0.651. The van der Waals surface area contributed by atoms with E-state index in [0.717, 1.165) is 12.8 Å². The van der Waals surface area contributed by atoms with E-state index in [-0.39, 0.29) is 45.4 Å². The Morgan fingerprint density at radius 1 is 1.31 bits per heavy atom. The largest absolute Gasteiger partial charge is 0.450 e. The second kappa shape index (κ2) is 10.1. The van der Waals surface area contributed by atoms with Crippen molar-refractivity contribution >= 4 is 46.6 Å². The number of hydrogen-bond donors (Lipinski definition) is 3. The molecule has 2 amide bonds. The predicted octanol–water partition coefficient (Wildman–Crippen LogP) is 3.31. The molecule has 32 heavy (non-hydrogen) atoms. The van der Waals surface area contributed by atoms with Crippen molar-refractivity contribution in [3.8, 4) is 17.7 Å². The number of H-pyrrole nitrogens is 1. The molecule has 11 nitrogen and oxygen atoms in total. The van der Waals surface area contributed by atoms with E-state index in [1.807, 2.05) is 5.32 Å². The summed E-state index contributed by atoms with van der Waals surface area (Å²) in [6.45, 7) is 1.61. The molecule has 0 spiro atoms. The van der Waals surface area contributed by atoms with Crippen molar-refractivity contribution in [2.75, 3.05) is 12.0 Å². The number of rotatable bonds is 7. The minimum atomic E-state index is -1.05. The van der Waals surface area contributed by atoms with Gasteiger partial charge in [-0.15, -0.1) is 5.10 Å². The number of halogens is 2. The van der Waals surface area contributed by atoms with Crippen molar-refractivity contribution in [3.63, 3.8) is 0 Å². The molecule has 0 radical (unpaired) electrons. The number of carbonyl (C=O) groups is 2. The Balaban J connectivity index is 1.74. The number of nitriles is 1. The molecule has 0 bridgehead atoms. The number of aromatic nitrogens is 2. The van der Waals surface area contributed by atoms with Gasteiger partial charge >= 0.3 is 6.09 Å². The van der Waals surface area contributed by atoms with Gasteiger partial charge in [0.05, 0.1) is 22.3 Å². The summed E-state index contributed by atoms with van der Waals surface area (Å²) >= 11 is 12.5. The second-order valence-corrected chi connectivity index (χ2v) is 7.31. The highest BCUT2D eigenvalue weighted by Gasteiger charge is 2.27. The first-order valence-corrected chi connectivity index (χ1v) is 10.1.